The van der Waals surface area contributed by atoms with Crippen molar-refractivity contribution in [3.63, 3.8) is 0 Å². The van der Waals surface area contributed by atoms with Crippen molar-refractivity contribution in [3.05, 3.63) is 23.8 Å². The SMILES string of the molecule is CC(C)(CCl)NC(=O)c1cc(O)ccc1O. The van der Waals surface area contributed by atoms with Crippen molar-refractivity contribution in [1.29, 1.82) is 0 Å². The Kier molecular flexibility index (Phi) is 3.65. The fourth-order valence-corrected chi connectivity index (χ4v) is 1.18. The summed E-state index contributed by atoms with van der Waals surface area (Å²) < 4.78 is 0. The second-order valence-corrected chi connectivity index (χ2v) is 4.44. The lowest BCUT2D eigenvalue weighted by Gasteiger charge is -2.23. The summed E-state index contributed by atoms with van der Waals surface area (Å²) in [6.07, 6.45) is 0. The van der Waals surface area contributed by atoms with Crippen LogP contribution in [0.5, 0.6) is 11.5 Å². The van der Waals surface area contributed by atoms with Crippen LogP contribution in [-0.2, 0) is 0 Å². The summed E-state index contributed by atoms with van der Waals surface area (Å²) in [5.41, 5.74) is -0.547. The number of carbonyl (C=O) groups excluding carboxylic acids is 1. The molecule has 0 aromatic heterocycles. The molecule has 0 aliphatic carbocycles. The van der Waals surface area contributed by atoms with E-state index in [0.717, 1.165) is 0 Å². The van der Waals surface area contributed by atoms with Gasteiger partial charge in [0.1, 0.15) is 11.5 Å². The topological polar surface area (TPSA) is 69.6 Å². The van der Waals surface area contributed by atoms with E-state index in [1.807, 2.05) is 0 Å². The average Bonchev–Trinajstić information content (AvgIpc) is 2.21. The highest BCUT2D eigenvalue weighted by atomic mass is 35.5. The van der Waals surface area contributed by atoms with Gasteiger partial charge in [0.15, 0.2) is 0 Å². The van der Waals surface area contributed by atoms with Gasteiger partial charge in [0, 0.05) is 11.4 Å². The van der Waals surface area contributed by atoms with Crippen LogP contribution in [-0.4, -0.2) is 27.5 Å². The third-order valence-corrected chi connectivity index (χ3v) is 2.68. The van der Waals surface area contributed by atoms with E-state index in [1.54, 1.807) is 13.8 Å². The molecule has 4 nitrogen and oxygen atoms in total. The summed E-state index contributed by atoms with van der Waals surface area (Å²) in [7, 11) is 0. The molecule has 16 heavy (non-hydrogen) atoms. The summed E-state index contributed by atoms with van der Waals surface area (Å²) in [6, 6.07) is 3.77. The van der Waals surface area contributed by atoms with E-state index >= 15 is 0 Å². The number of hydrogen-bond acceptors (Lipinski definition) is 3. The first-order chi connectivity index (χ1) is 7.35. The molecule has 88 valence electrons. The fourth-order valence-electron chi connectivity index (χ4n) is 1.11. The molecule has 5 heteroatoms. The lowest BCUT2D eigenvalue weighted by molar-refractivity contribution is 0.0917. The number of phenolic OH excluding ortho intramolecular Hbond substituents is 2. The molecule has 3 N–H and O–H groups in total. The summed E-state index contributed by atoms with van der Waals surface area (Å²) in [6.45, 7) is 3.52. The average molecular weight is 244 g/mol. The molecule has 1 aromatic carbocycles. The largest absolute Gasteiger partial charge is 0.508 e. The molecule has 1 rings (SSSR count). The number of nitrogens with one attached hydrogen (secondary N) is 1. The van der Waals surface area contributed by atoms with Gasteiger partial charge in [0.2, 0.25) is 0 Å². The zero-order valence-corrected chi connectivity index (χ0v) is 9.88. The van der Waals surface area contributed by atoms with E-state index in [4.69, 9.17) is 11.6 Å². The lowest BCUT2D eigenvalue weighted by atomic mass is 10.1. The molecule has 1 aromatic rings. The summed E-state index contributed by atoms with van der Waals surface area (Å²) in [4.78, 5) is 11.8. The molecule has 0 radical (unpaired) electrons. The minimum absolute atomic E-state index is 0.0261. The van der Waals surface area contributed by atoms with Crippen molar-refractivity contribution < 1.29 is 15.0 Å². The maximum atomic E-state index is 11.8. The van der Waals surface area contributed by atoms with Gasteiger partial charge in [-0.2, -0.15) is 0 Å². The van der Waals surface area contributed by atoms with Gasteiger partial charge in [0.25, 0.3) is 5.91 Å². The second kappa shape index (κ2) is 4.61. The van der Waals surface area contributed by atoms with Gasteiger partial charge in [-0.15, -0.1) is 11.6 Å². The van der Waals surface area contributed by atoms with Crippen LogP contribution in [0.4, 0.5) is 0 Å². The van der Waals surface area contributed by atoms with E-state index in [2.05, 4.69) is 5.32 Å². The van der Waals surface area contributed by atoms with Gasteiger partial charge in [-0.1, -0.05) is 0 Å². The van der Waals surface area contributed by atoms with Gasteiger partial charge in [-0.25, -0.2) is 0 Å². The number of alkyl halides is 1. The molecule has 0 fully saturated rings. The lowest BCUT2D eigenvalue weighted by Crippen LogP contribution is -2.44. The molecule has 0 heterocycles. The highest BCUT2D eigenvalue weighted by molar-refractivity contribution is 6.18. The zero-order valence-electron chi connectivity index (χ0n) is 9.12. The molecule has 1 amide bonds. The smallest absolute Gasteiger partial charge is 0.255 e. The number of rotatable bonds is 3. The number of aromatic hydroxyl groups is 2. The molecule has 0 saturated carbocycles. The van der Waals surface area contributed by atoms with E-state index in [0.29, 0.717) is 0 Å². The zero-order chi connectivity index (χ0) is 12.3. The number of halogens is 1. The fraction of sp³-hybridized carbons (Fsp3) is 0.364. The van der Waals surface area contributed by atoms with Gasteiger partial charge < -0.3 is 15.5 Å². The van der Waals surface area contributed by atoms with Gasteiger partial charge in [-0.05, 0) is 32.0 Å². The van der Waals surface area contributed by atoms with Crippen LogP contribution < -0.4 is 5.32 Å². The molecule has 0 bridgehead atoms. The number of hydrogen-bond donors (Lipinski definition) is 3. The Bertz CT molecular complexity index is 404. The molecular weight excluding hydrogens is 230 g/mol. The highest BCUT2D eigenvalue weighted by Gasteiger charge is 2.21. The minimum Gasteiger partial charge on any atom is -0.508 e. The van der Waals surface area contributed by atoms with Crippen LogP contribution in [0, 0.1) is 0 Å². The maximum absolute atomic E-state index is 11.8. The number of carbonyl (C=O) groups is 1. The molecule has 0 saturated heterocycles. The van der Waals surface area contributed by atoms with Gasteiger partial charge in [-0.3, -0.25) is 4.79 Å². The van der Waals surface area contributed by atoms with Crippen LogP contribution >= 0.6 is 11.6 Å². The summed E-state index contributed by atoms with van der Waals surface area (Å²) in [5, 5.41) is 21.3. The maximum Gasteiger partial charge on any atom is 0.255 e. The van der Waals surface area contributed by atoms with Crippen LogP contribution in [0.25, 0.3) is 0 Å². The minimum atomic E-state index is -0.573. The second-order valence-electron chi connectivity index (χ2n) is 4.17. The molecular formula is C11H14ClNO3. The van der Waals surface area contributed by atoms with Crippen molar-refractivity contribution in [2.75, 3.05) is 5.88 Å². The van der Waals surface area contributed by atoms with Crippen LogP contribution in [0.2, 0.25) is 0 Å². The van der Waals surface area contributed by atoms with Crippen LogP contribution in [0.3, 0.4) is 0 Å². The Morgan fingerprint density at radius 1 is 1.44 bits per heavy atom. The molecule has 0 spiro atoms. The summed E-state index contributed by atoms with van der Waals surface area (Å²) in [5.74, 6) is -0.482. The van der Waals surface area contributed by atoms with Crippen LogP contribution in [0.1, 0.15) is 24.2 Å². The van der Waals surface area contributed by atoms with E-state index in [-0.39, 0.29) is 22.9 Å². The number of benzene rings is 1. The Balaban J connectivity index is 2.93. The Labute approximate surface area is 98.9 Å². The first kappa shape index (κ1) is 12.6. The van der Waals surface area contributed by atoms with E-state index in [9.17, 15) is 15.0 Å². The number of amides is 1. The third-order valence-electron chi connectivity index (χ3n) is 2.01. The van der Waals surface area contributed by atoms with Crippen molar-refractivity contribution in [2.24, 2.45) is 0 Å². The third kappa shape index (κ3) is 3.03. The quantitative estimate of drug-likeness (QED) is 0.561. The summed E-state index contributed by atoms with van der Waals surface area (Å²) >= 11 is 5.67. The molecule has 0 aliphatic rings. The Morgan fingerprint density at radius 3 is 2.62 bits per heavy atom. The molecule has 0 aliphatic heterocycles. The highest BCUT2D eigenvalue weighted by Crippen LogP contribution is 2.22. The normalized spacial score (nSPS) is 11.2. The number of phenols is 2. The standard InChI is InChI=1S/C11H14ClNO3/c1-11(2,6-12)13-10(16)8-5-7(14)3-4-9(8)15/h3-5,14-15H,6H2,1-2H3,(H,13,16). The van der Waals surface area contributed by atoms with Crippen molar-refractivity contribution in [1.82, 2.24) is 5.32 Å². The van der Waals surface area contributed by atoms with Gasteiger partial charge >= 0.3 is 0 Å². The monoisotopic (exact) mass is 243 g/mol. The van der Waals surface area contributed by atoms with Crippen molar-refractivity contribution in [3.8, 4) is 11.5 Å². The molecule has 0 atom stereocenters. The predicted molar refractivity (Wildman–Crippen MR) is 62.0 cm³/mol. The first-order valence-corrected chi connectivity index (χ1v) is 5.29. The van der Waals surface area contributed by atoms with Gasteiger partial charge in [0.05, 0.1) is 5.56 Å². The van der Waals surface area contributed by atoms with Crippen molar-refractivity contribution in [2.45, 2.75) is 19.4 Å². The Hall–Kier alpha value is -1.42. The first-order valence-electron chi connectivity index (χ1n) is 4.76. The predicted octanol–water partition coefficient (Wildman–Crippen LogP) is 1.85. The van der Waals surface area contributed by atoms with Crippen LogP contribution in [0.15, 0.2) is 18.2 Å². The molecule has 0 unspecified atom stereocenters. The Morgan fingerprint density at radius 2 is 2.06 bits per heavy atom. The van der Waals surface area contributed by atoms with E-state index in [1.165, 1.54) is 18.2 Å². The van der Waals surface area contributed by atoms with Crippen molar-refractivity contribution >= 4 is 17.5 Å². The van der Waals surface area contributed by atoms with E-state index < -0.39 is 11.4 Å².